The third kappa shape index (κ3) is 7.27. The number of carbonyl (C=O) groups excluding carboxylic acids is 3. The standard InChI is InChI=1S/C29H30F2N2O8/c1-15(33-28(35)26-27(41-17(3)34)24(39-6)11-12-32-26)29(36)40-16(2)25(20-13-18(37-4)7-9-22(20)30)21-14-19(38-5)8-10-23(21)31/h7-16,25H,1-6H3,(H,33,35)/t15-,16-/m0/s1. The molecular weight excluding hydrogens is 542 g/mol. The van der Waals surface area contributed by atoms with E-state index in [4.69, 9.17) is 23.7 Å². The highest BCUT2D eigenvalue weighted by molar-refractivity contribution is 5.98. The minimum Gasteiger partial charge on any atom is -0.497 e. The SMILES string of the molecule is COc1ccc(F)c(C(c2cc(OC)ccc2F)[C@H](C)OC(=O)[C@H](C)NC(=O)c2nccc(OC)c2OC(C)=O)c1. The van der Waals surface area contributed by atoms with Crippen molar-refractivity contribution in [3.05, 3.63) is 77.1 Å². The van der Waals surface area contributed by atoms with Gasteiger partial charge >= 0.3 is 11.9 Å². The number of aromatic nitrogens is 1. The van der Waals surface area contributed by atoms with Crippen molar-refractivity contribution in [2.24, 2.45) is 0 Å². The second-order valence-electron chi connectivity index (χ2n) is 8.87. The van der Waals surface area contributed by atoms with Gasteiger partial charge in [0.1, 0.15) is 35.3 Å². The first-order valence-corrected chi connectivity index (χ1v) is 12.4. The quantitative estimate of drug-likeness (QED) is 0.337. The van der Waals surface area contributed by atoms with Gasteiger partial charge in [0.25, 0.3) is 5.91 Å². The maximum Gasteiger partial charge on any atom is 0.328 e. The Labute approximate surface area is 235 Å². The Bertz CT molecular complexity index is 1380. The molecule has 41 heavy (non-hydrogen) atoms. The lowest BCUT2D eigenvalue weighted by Gasteiger charge is -2.27. The number of nitrogens with one attached hydrogen (secondary N) is 1. The zero-order chi connectivity index (χ0) is 30.3. The van der Waals surface area contributed by atoms with Crippen LogP contribution in [0.5, 0.6) is 23.0 Å². The largest absolute Gasteiger partial charge is 0.497 e. The van der Waals surface area contributed by atoms with Gasteiger partial charge in [0.15, 0.2) is 11.4 Å². The molecule has 0 fully saturated rings. The molecule has 2 atom stereocenters. The van der Waals surface area contributed by atoms with E-state index < -0.39 is 47.5 Å². The highest BCUT2D eigenvalue weighted by Gasteiger charge is 2.32. The van der Waals surface area contributed by atoms with Crippen LogP contribution in [-0.2, 0) is 14.3 Å². The van der Waals surface area contributed by atoms with E-state index in [-0.39, 0.29) is 28.3 Å². The first-order chi connectivity index (χ1) is 19.5. The number of rotatable bonds is 11. The number of hydrogen-bond acceptors (Lipinski definition) is 9. The van der Waals surface area contributed by atoms with Gasteiger partial charge in [-0.2, -0.15) is 0 Å². The van der Waals surface area contributed by atoms with Gasteiger partial charge in [-0.15, -0.1) is 0 Å². The zero-order valence-electron chi connectivity index (χ0n) is 23.3. The Morgan fingerprint density at radius 3 is 1.90 bits per heavy atom. The van der Waals surface area contributed by atoms with Crippen molar-refractivity contribution in [1.82, 2.24) is 10.3 Å². The van der Waals surface area contributed by atoms with E-state index >= 15 is 8.78 Å². The van der Waals surface area contributed by atoms with Gasteiger partial charge in [-0.3, -0.25) is 9.59 Å². The molecule has 0 saturated heterocycles. The molecule has 218 valence electrons. The average molecular weight is 573 g/mol. The Hall–Kier alpha value is -4.74. The molecule has 0 aliphatic rings. The fraction of sp³-hybridized carbons (Fsp3) is 0.310. The van der Waals surface area contributed by atoms with Gasteiger partial charge in [0.2, 0.25) is 5.75 Å². The van der Waals surface area contributed by atoms with Gasteiger partial charge in [-0.05, 0) is 50.2 Å². The van der Waals surface area contributed by atoms with E-state index in [0.29, 0.717) is 11.5 Å². The molecule has 0 saturated carbocycles. The number of benzene rings is 2. The van der Waals surface area contributed by atoms with Gasteiger partial charge in [-0.1, -0.05) is 0 Å². The molecule has 1 heterocycles. The minimum atomic E-state index is -1.24. The van der Waals surface area contributed by atoms with Crippen molar-refractivity contribution in [2.45, 2.75) is 38.8 Å². The molecule has 0 unspecified atom stereocenters. The molecule has 3 aromatic rings. The van der Waals surface area contributed by atoms with Crippen LogP contribution < -0.4 is 24.3 Å². The number of halogens is 2. The monoisotopic (exact) mass is 572 g/mol. The van der Waals surface area contributed by atoms with E-state index in [0.717, 1.165) is 6.92 Å². The number of hydrogen-bond donors (Lipinski definition) is 1. The van der Waals surface area contributed by atoms with E-state index in [2.05, 4.69) is 10.3 Å². The van der Waals surface area contributed by atoms with Gasteiger partial charge in [0.05, 0.1) is 27.2 Å². The zero-order valence-corrected chi connectivity index (χ0v) is 23.3. The summed E-state index contributed by atoms with van der Waals surface area (Å²) in [7, 11) is 4.12. The van der Waals surface area contributed by atoms with Crippen LogP contribution in [0.15, 0.2) is 48.7 Å². The highest BCUT2D eigenvalue weighted by atomic mass is 19.1. The normalized spacial score (nSPS) is 12.2. The summed E-state index contributed by atoms with van der Waals surface area (Å²) in [5.41, 5.74) is -0.276. The summed E-state index contributed by atoms with van der Waals surface area (Å²) < 4.78 is 56.5. The van der Waals surface area contributed by atoms with E-state index in [1.165, 1.54) is 83.8 Å². The van der Waals surface area contributed by atoms with Crippen LogP contribution in [0, 0.1) is 11.6 Å². The lowest BCUT2D eigenvalue weighted by Crippen LogP contribution is -2.42. The lowest BCUT2D eigenvalue weighted by atomic mass is 9.86. The fourth-order valence-corrected chi connectivity index (χ4v) is 4.12. The Morgan fingerprint density at radius 2 is 1.41 bits per heavy atom. The molecule has 0 aliphatic heterocycles. The Kier molecular flexibility index (Phi) is 10.2. The minimum absolute atomic E-state index is 0.0140. The Morgan fingerprint density at radius 1 is 0.854 bits per heavy atom. The number of nitrogens with zero attached hydrogens (tertiary/aromatic N) is 1. The molecular formula is C29H30F2N2O8. The van der Waals surface area contributed by atoms with Crippen LogP contribution in [0.25, 0.3) is 0 Å². The van der Waals surface area contributed by atoms with Crippen molar-refractivity contribution >= 4 is 17.8 Å². The van der Waals surface area contributed by atoms with Crippen LogP contribution in [0.3, 0.4) is 0 Å². The van der Waals surface area contributed by atoms with Crippen LogP contribution in [0.1, 0.15) is 48.3 Å². The number of carbonyl (C=O) groups is 3. The number of pyridine rings is 1. The molecule has 3 rings (SSSR count). The van der Waals surface area contributed by atoms with Crippen molar-refractivity contribution in [1.29, 1.82) is 0 Å². The highest BCUT2D eigenvalue weighted by Crippen LogP contribution is 2.37. The maximum atomic E-state index is 15.1. The van der Waals surface area contributed by atoms with Crippen LogP contribution in [-0.4, -0.2) is 56.3 Å². The number of ether oxygens (including phenoxy) is 5. The van der Waals surface area contributed by atoms with Gasteiger partial charge < -0.3 is 29.0 Å². The van der Waals surface area contributed by atoms with Crippen LogP contribution in [0.2, 0.25) is 0 Å². The van der Waals surface area contributed by atoms with Gasteiger partial charge in [0, 0.05) is 30.3 Å². The smallest absolute Gasteiger partial charge is 0.328 e. The molecule has 2 aromatic carbocycles. The maximum absolute atomic E-state index is 15.1. The summed E-state index contributed by atoms with van der Waals surface area (Å²) in [4.78, 5) is 41.6. The topological polar surface area (TPSA) is 122 Å². The van der Waals surface area contributed by atoms with Crippen molar-refractivity contribution in [2.75, 3.05) is 21.3 Å². The van der Waals surface area contributed by atoms with Crippen molar-refractivity contribution in [3.63, 3.8) is 0 Å². The number of esters is 2. The third-order valence-electron chi connectivity index (χ3n) is 6.10. The van der Waals surface area contributed by atoms with E-state index in [1.54, 1.807) is 0 Å². The summed E-state index contributed by atoms with van der Waals surface area (Å²) in [5, 5.41) is 2.43. The molecule has 0 spiro atoms. The first kappa shape index (κ1) is 30.8. The number of amides is 1. The molecule has 10 nitrogen and oxygen atoms in total. The van der Waals surface area contributed by atoms with E-state index in [1.807, 2.05) is 0 Å². The molecule has 0 aliphatic carbocycles. The molecule has 1 aromatic heterocycles. The van der Waals surface area contributed by atoms with Crippen molar-refractivity contribution < 1.29 is 46.8 Å². The lowest BCUT2D eigenvalue weighted by molar-refractivity contribution is -0.150. The molecule has 12 heteroatoms. The van der Waals surface area contributed by atoms with Crippen LogP contribution >= 0.6 is 0 Å². The summed E-state index contributed by atoms with van der Waals surface area (Å²) in [6.07, 6.45) is 0.138. The summed E-state index contributed by atoms with van der Waals surface area (Å²) in [5.74, 6) is -4.48. The van der Waals surface area contributed by atoms with Crippen molar-refractivity contribution in [3.8, 4) is 23.0 Å². The third-order valence-corrected chi connectivity index (χ3v) is 6.10. The summed E-state index contributed by atoms with van der Waals surface area (Å²) >= 11 is 0. The predicted molar refractivity (Wildman–Crippen MR) is 142 cm³/mol. The first-order valence-electron chi connectivity index (χ1n) is 12.4. The predicted octanol–water partition coefficient (Wildman–Crippen LogP) is 4.19. The fourth-order valence-electron chi connectivity index (χ4n) is 4.12. The molecule has 0 bridgehead atoms. The second kappa shape index (κ2) is 13.6. The summed E-state index contributed by atoms with van der Waals surface area (Å²) in [6.45, 7) is 3.96. The van der Waals surface area contributed by atoms with E-state index in [9.17, 15) is 14.4 Å². The molecule has 1 N–H and O–H groups in total. The van der Waals surface area contributed by atoms with Gasteiger partial charge in [-0.25, -0.2) is 18.6 Å². The second-order valence-corrected chi connectivity index (χ2v) is 8.87. The molecule has 0 radical (unpaired) electrons. The Balaban J connectivity index is 1.90. The number of methoxy groups -OCH3 is 3. The summed E-state index contributed by atoms with van der Waals surface area (Å²) in [6, 6.07) is 8.07. The van der Waals surface area contributed by atoms with Crippen LogP contribution in [0.4, 0.5) is 8.78 Å². The molecule has 1 amide bonds. The average Bonchev–Trinajstić information content (AvgIpc) is 2.94.